The van der Waals surface area contributed by atoms with Crippen molar-refractivity contribution in [3.8, 4) is 0 Å². The van der Waals surface area contributed by atoms with Crippen LogP contribution in [0.1, 0.15) is 35.9 Å². The number of anilines is 1. The van der Waals surface area contributed by atoms with Crippen molar-refractivity contribution in [2.24, 2.45) is 0 Å². The molecule has 0 saturated heterocycles. The van der Waals surface area contributed by atoms with E-state index in [2.05, 4.69) is 56.5 Å². The number of nitrogens with one attached hydrogen (secondary N) is 1. The van der Waals surface area contributed by atoms with E-state index in [-0.39, 0.29) is 11.2 Å². The molecule has 0 aliphatic heterocycles. The number of aryl methyl sites for hydroxylation is 4. The fraction of sp³-hybridized carbons (Fsp3) is 0.318. The van der Waals surface area contributed by atoms with E-state index in [1.807, 2.05) is 27.7 Å². The molecule has 3 heterocycles. The first kappa shape index (κ1) is 19.9. The highest BCUT2D eigenvalue weighted by Gasteiger charge is 2.23. The Hall–Kier alpha value is -2.38. The van der Waals surface area contributed by atoms with E-state index in [0.29, 0.717) is 6.42 Å². The molecule has 0 bridgehead atoms. The van der Waals surface area contributed by atoms with Crippen LogP contribution in [0, 0.1) is 27.7 Å². The van der Waals surface area contributed by atoms with E-state index in [9.17, 15) is 4.79 Å². The van der Waals surface area contributed by atoms with Crippen LogP contribution >= 0.6 is 23.1 Å². The van der Waals surface area contributed by atoms with E-state index in [1.165, 1.54) is 22.0 Å². The van der Waals surface area contributed by atoms with Crippen molar-refractivity contribution in [2.45, 2.75) is 51.3 Å². The third-order valence-electron chi connectivity index (χ3n) is 5.09. The van der Waals surface area contributed by atoms with Crippen LogP contribution in [0.2, 0.25) is 0 Å². The van der Waals surface area contributed by atoms with Gasteiger partial charge in [0, 0.05) is 5.69 Å². The zero-order chi connectivity index (χ0) is 20.7. The van der Waals surface area contributed by atoms with Gasteiger partial charge in [-0.3, -0.25) is 9.20 Å². The van der Waals surface area contributed by atoms with Gasteiger partial charge in [0.05, 0.1) is 21.0 Å². The number of nitrogens with zero attached hydrogens (tertiary/aromatic N) is 3. The van der Waals surface area contributed by atoms with Crippen molar-refractivity contribution in [3.05, 3.63) is 52.2 Å². The number of amides is 1. The van der Waals surface area contributed by atoms with E-state index in [0.717, 1.165) is 38.7 Å². The minimum Gasteiger partial charge on any atom is -0.325 e. The number of rotatable bonds is 5. The summed E-state index contributed by atoms with van der Waals surface area (Å²) in [6.07, 6.45) is 0.706. The van der Waals surface area contributed by atoms with Crippen LogP contribution in [-0.4, -0.2) is 25.8 Å². The summed E-state index contributed by atoms with van der Waals surface area (Å²) in [6, 6.07) is 8.43. The molecule has 1 atom stereocenters. The zero-order valence-electron chi connectivity index (χ0n) is 17.2. The number of hydrogen-bond donors (Lipinski definition) is 1. The normalized spacial score (nSPS) is 12.6. The largest absolute Gasteiger partial charge is 0.325 e. The SMILES string of the molecule is CCC(Sc1nnc(C)n2c1cc1sccc12)C(=O)Nc1c(C)cc(C)cc1C. The molecule has 29 heavy (non-hydrogen) atoms. The lowest BCUT2D eigenvalue weighted by Gasteiger charge is -2.18. The van der Waals surface area contributed by atoms with Crippen LogP contribution < -0.4 is 5.32 Å². The van der Waals surface area contributed by atoms with Crippen LogP contribution in [0.5, 0.6) is 0 Å². The lowest BCUT2D eigenvalue weighted by Crippen LogP contribution is -2.25. The van der Waals surface area contributed by atoms with Gasteiger partial charge in [-0.15, -0.1) is 21.5 Å². The summed E-state index contributed by atoms with van der Waals surface area (Å²) in [5.74, 6) is 0.850. The molecule has 1 aromatic carbocycles. The van der Waals surface area contributed by atoms with Gasteiger partial charge in [-0.2, -0.15) is 0 Å². The van der Waals surface area contributed by atoms with E-state index in [1.54, 1.807) is 11.3 Å². The summed E-state index contributed by atoms with van der Waals surface area (Å²) in [5.41, 5.74) is 6.42. The number of carbonyl (C=O) groups is 1. The number of thioether (sulfide) groups is 1. The van der Waals surface area contributed by atoms with Gasteiger partial charge in [0.1, 0.15) is 10.9 Å². The van der Waals surface area contributed by atoms with Gasteiger partial charge in [-0.25, -0.2) is 0 Å². The van der Waals surface area contributed by atoms with Gasteiger partial charge in [0.25, 0.3) is 0 Å². The lowest BCUT2D eigenvalue weighted by molar-refractivity contribution is -0.115. The minimum atomic E-state index is -0.246. The second-order valence-corrected chi connectivity index (χ2v) is 9.50. The maximum Gasteiger partial charge on any atom is 0.237 e. The molecule has 0 aliphatic rings. The fourth-order valence-electron chi connectivity index (χ4n) is 3.77. The van der Waals surface area contributed by atoms with Crippen LogP contribution in [0.15, 0.2) is 34.7 Å². The predicted octanol–water partition coefficient (Wildman–Crippen LogP) is 5.69. The first-order chi connectivity index (χ1) is 13.9. The Labute approximate surface area is 178 Å². The monoisotopic (exact) mass is 424 g/mol. The number of fused-ring (bicyclic) bond motifs is 3. The molecule has 0 aliphatic carbocycles. The smallest absolute Gasteiger partial charge is 0.237 e. The summed E-state index contributed by atoms with van der Waals surface area (Å²) in [6.45, 7) is 10.1. The molecule has 3 aromatic heterocycles. The quantitative estimate of drug-likeness (QED) is 0.418. The predicted molar refractivity (Wildman–Crippen MR) is 122 cm³/mol. The molecule has 4 aromatic rings. The van der Waals surface area contributed by atoms with E-state index < -0.39 is 0 Å². The molecule has 1 amide bonds. The number of hydrogen-bond acceptors (Lipinski definition) is 5. The molecule has 7 heteroatoms. The van der Waals surface area contributed by atoms with Gasteiger partial charge < -0.3 is 5.32 Å². The highest BCUT2D eigenvalue weighted by Crippen LogP contribution is 2.34. The number of aromatic nitrogens is 3. The van der Waals surface area contributed by atoms with Gasteiger partial charge in [-0.1, -0.05) is 36.4 Å². The topological polar surface area (TPSA) is 59.3 Å². The molecule has 0 radical (unpaired) electrons. The first-order valence-electron chi connectivity index (χ1n) is 9.66. The highest BCUT2D eigenvalue weighted by atomic mass is 32.2. The Morgan fingerprint density at radius 2 is 1.86 bits per heavy atom. The van der Waals surface area contributed by atoms with E-state index in [4.69, 9.17) is 0 Å². The van der Waals surface area contributed by atoms with Crippen molar-refractivity contribution in [1.82, 2.24) is 14.6 Å². The Balaban J connectivity index is 1.64. The molecule has 0 spiro atoms. The minimum absolute atomic E-state index is 0.00134. The number of benzene rings is 1. The molecular formula is C22H24N4OS2. The summed E-state index contributed by atoms with van der Waals surface area (Å²) >= 11 is 3.19. The molecule has 150 valence electrons. The molecule has 0 fully saturated rings. The van der Waals surface area contributed by atoms with Gasteiger partial charge >= 0.3 is 0 Å². The van der Waals surface area contributed by atoms with Gasteiger partial charge in [0.15, 0.2) is 0 Å². The van der Waals surface area contributed by atoms with Crippen molar-refractivity contribution in [3.63, 3.8) is 0 Å². The first-order valence-corrected chi connectivity index (χ1v) is 11.4. The van der Waals surface area contributed by atoms with Crippen molar-refractivity contribution in [1.29, 1.82) is 0 Å². The third kappa shape index (κ3) is 3.65. The second-order valence-electron chi connectivity index (χ2n) is 7.37. The summed E-state index contributed by atoms with van der Waals surface area (Å²) in [7, 11) is 0. The van der Waals surface area contributed by atoms with Gasteiger partial charge in [0.2, 0.25) is 5.91 Å². The molecule has 5 nitrogen and oxygen atoms in total. The van der Waals surface area contributed by atoms with Crippen molar-refractivity contribution in [2.75, 3.05) is 5.32 Å². The maximum atomic E-state index is 13.1. The summed E-state index contributed by atoms with van der Waals surface area (Å²) in [5, 5.41) is 14.5. The van der Waals surface area contributed by atoms with Crippen LogP contribution in [0.4, 0.5) is 5.69 Å². The standard InChI is InChI=1S/C22H24N4OS2/c1-6-18(21(27)23-20-13(3)9-12(2)10-14(20)4)29-22-17-11-19-16(7-8-28-19)26(17)15(5)24-25-22/h7-11,18H,6H2,1-5H3,(H,23,27). The van der Waals surface area contributed by atoms with Crippen LogP contribution in [-0.2, 0) is 4.79 Å². The highest BCUT2D eigenvalue weighted by molar-refractivity contribution is 8.00. The summed E-state index contributed by atoms with van der Waals surface area (Å²) in [4.78, 5) is 13.1. The van der Waals surface area contributed by atoms with Crippen molar-refractivity contribution >= 4 is 50.4 Å². The molecular weight excluding hydrogens is 400 g/mol. The average Bonchev–Trinajstić information content (AvgIpc) is 3.25. The third-order valence-corrected chi connectivity index (χ3v) is 7.29. The number of carbonyl (C=O) groups excluding carboxylic acids is 1. The number of thiophene rings is 1. The maximum absolute atomic E-state index is 13.1. The second kappa shape index (κ2) is 7.80. The summed E-state index contributed by atoms with van der Waals surface area (Å²) < 4.78 is 3.33. The van der Waals surface area contributed by atoms with E-state index >= 15 is 0 Å². The fourth-order valence-corrected chi connectivity index (χ4v) is 5.53. The Kier molecular flexibility index (Phi) is 5.36. The van der Waals surface area contributed by atoms with Crippen molar-refractivity contribution < 1.29 is 4.79 Å². The lowest BCUT2D eigenvalue weighted by atomic mass is 10.0. The zero-order valence-corrected chi connectivity index (χ0v) is 18.9. The molecule has 1 N–H and O–H groups in total. The van der Waals surface area contributed by atoms with Gasteiger partial charge in [-0.05, 0) is 62.8 Å². The Morgan fingerprint density at radius 3 is 2.55 bits per heavy atom. The molecule has 1 unspecified atom stereocenters. The average molecular weight is 425 g/mol. The Morgan fingerprint density at radius 1 is 1.14 bits per heavy atom. The molecule has 4 rings (SSSR count). The molecule has 0 saturated carbocycles. The Bertz CT molecular complexity index is 1200. The van der Waals surface area contributed by atoms with Crippen LogP contribution in [0.25, 0.3) is 15.7 Å². The van der Waals surface area contributed by atoms with Crippen LogP contribution in [0.3, 0.4) is 0 Å².